The minimum atomic E-state index is -0.312. The van der Waals surface area contributed by atoms with Gasteiger partial charge in [0.15, 0.2) is 17.3 Å². The zero-order chi connectivity index (χ0) is 18.4. The zero-order valence-electron chi connectivity index (χ0n) is 15.3. The molecule has 1 aromatic carbocycles. The van der Waals surface area contributed by atoms with Crippen molar-refractivity contribution in [1.82, 2.24) is 10.1 Å². The van der Waals surface area contributed by atoms with E-state index in [-0.39, 0.29) is 11.9 Å². The van der Waals surface area contributed by atoms with Gasteiger partial charge in [-0.05, 0) is 26.5 Å². The lowest BCUT2D eigenvalue weighted by atomic mass is 10.1. The number of nitrogens with zero attached hydrogens (tertiary/aromatic N) is 2. The van der Waals surface area contributed by atoms with Crippen molar-refractivity contribution in [2.45, 2.75) is 32.9 Å². The number of carbonyl (C=O) groups excluding carboxylic acids is 1. The lowest BCUT2D eigenvalue weighted by Crippen LogP contribution is -2.41. The van der Waals surface area contributed by atoms with Crippen molar-refractivity contribution >= 4 is 11.7 Å². The molecule has 2 rings (SSSR count). The summed E-state index contributed by atoms with van der Waals surface area (Å²) in [5.74, 6) is 2.30. The molecule has 0 saturated carbocycles. The Labute approximate surface area is 147 Å². The molecular formula is C18H25N3O4. The first-order valence-corrected chi connectivity index (χ1v) is 8.14. The van der Waals surface area contributed by atoms with Crippen LogP contribution in [0.5, 0.6) is 11.5 Å². The minimum absolute atomic E-state index is 0.125. The fourth-order valence-electron chi connectivity index (χ4n) is 2.79. The summed E-state index contributed by atoms with van der Waals surface area (Å²) >= 11 is 0. The van der Waals surface area contributed by atoms with Gasteiger partial charge in [-0.25, -0.2) is 0 Å². The number of aromatic nitrogens is 1. The molecule has 0 aliphatic rings. The first-order valence-electron chi connectivity index (χ1n) is 8.14. The highest BCUT2D eigenvalue weighted by Crippen LogP contribution is 2.31. The SMILES string of the molecule is CCC(C(=O)Nc1cc(C)on1)N(C)Cc1cccc(OC)c1OC. The number of nitrogens with one attached hydrogen (secondary N) is 1. The van der Waals surface area contributed by atoms with Gasteiger partial charge in [0.1, 0.15) is 5.76 Å². The molecule has 25 heavy (non-hydrogen) atoms. The first kappa shape index (κ1) is 18.8. The zero-order valence-corrected chi connectivity index (χ0v) is 15.3. The molecule has 0 radical (unpaired) electrons. The van der Waals surface area contributed by atoms with Gasteiger partial charge in [-0.3, -0.25) is 9.69 Å². The predicted octanol–water partition coefficient (Wildman–Crippen LogP) is 2.85. The second kappa shape index (κ2) is 8.53. The van der Waals surface area contributed by atoms with Gasteiger partial charge < -0.3 is 19.3 Å². The summed E-state index contributed by atoms with van der Waals surface area (Å²) in [6.45, 7) is 4.29. The predicted molar refractivity (Wildman–Crippen MR) is 95.0 cm³/mol. The Kier molecular flexibility index (Phi) is 6.41. The van der Waals surface area contributed by atoms with Gasteiger partial charge in [0.2, 0.25) is 5.91 Å². The molecule has 7 nitrogen and oxygen atoms in total. The maximum atomic E-state index is 12.6. The Bertz CT molecular complexity index is 714. The standard InChI is InChI=1S/C18H25N3O4/c1-6-14(18(22)19-16-10-12(2)25-20-16)21(3)11-13-8-7-9-15(23-4)17(13)24-5/h7-10,14H,6,11H2,1-5H3,(H,19,20,22). The van der Waals surface area contributed by atoms with E-state index in [0.717, 1.165) is 5.56 Å². The fourth-order valence-corrected chi connectivity index (χ4v) is 2.79. The Morgan fingerprint density at radius 2 is 2.12 bits per heavy atom. The van der Waals surface area contributed by atoms with E-state index >= 15 is 0 Å². The van der Waals surface area contributed by atoms with Crippen LogP contribution in [0.15, 0.2) is 28.8 Å². The number of carbonyl (C=O) groups is 1. The summed E-state index contributed by atoms with van der Waals surface area (Å²) in [5.41, 5.74) is 0.952. The van der Waals surface area contributed by atoms with Crippen molar-refractivity contribution < 1.29 is 18.8 Å². The molecular weight excluding hydrogens is 322 g/mol. The van der Waals surface area contributed by atoms with Crippen LogP contribution >= 0.6 is 0 Å². The van der Waals surface area contributed by atoms with Crippen molar-refractivity contribution in [3.05, 3.63) is 35.6 Å². The number of anilines is 1. The molecule has 0 saturated heterocycles. The molecule has 1 atom stereocenters. The highest BCUT2D eigenvalue weighted by molar-refractivity contribution is 5.93. The summed E-state index contributed by atoms with van der Waals surface area (Å²) in [7, 11) is 5.12. The van der Waals surface area contributed by atoms with Crippen LogP contribution in [0, 0.1) is 6.92 Å². The van der Waals surface area contributed by atoms with E-state index < -0.39 is 0 Å². The summed E-state index contributed by atoms with van der Waals surface area (Å²) in [5, 5.41) is 6.59. The van der Waals surface area contributed by atoms with Crippen LogP contribution < -0.4 is 14.8 Å². The van der Waals surface area contributed by atoms with Gasteiger partial charge in [-0.1, -0.05) is 24.2 Å². The van der Waals surface area contributed by atoms with Gasteiger partial charge in [0, 0.05) is 18.2 Å². The van der Waals surface area contributed by atoms with Crippen molar-refractivity contribution in [1.29, 1.82) is 0 Å². The largest absolute Gasteiger partial charge is 0.493 e. The molecule has 7 heteroatoms. The smallest absolute Gasteiger partial charge is 0.242 e. The number of amides is 1. The summed E-state index contributed by atoms with van der Waals surface area (Å²) < 4.78 is 15.8. The average Bonchev–Trinajstić information content (AvgIpc) is 2.99. The van der Waals surface area contributed by atoms with E-state index in [0.29, 0.717) is 36.0 Å². The van der Waals surface area contributed by atoms with Crippen molar-refractivity contribution in [3.63, 3.8) is 0 Å². The maximum Gasteiger partial charge on any atom is 0.242 e. The van der Waals surface area contributed by atoms with E-state index in [9.17, 15) is 4.79 Å². The quantitative estimate of drug-likeness (QED) is 0.791. The highest BCUT2D eigenvalue weighted by atomic mass is 16.5. The van der Waals surface area contributed by atoms with Gasteiger partial charge in [-0.15, -0.1) is 0 Å². The van der Waals surface area contributed by atoms with Gasteiger partial charge in [0.25, 0.3) is 0 Å². The van der Waals surface area contributed by atoms with E-state index in [1.165, 1.54) is 0 Å². The third-order valence-electron chi connectivity index (χ3n) is 4.00. The molecule has 0 spiro atoms. The molecule has 136 valence electrons. The third-order valence-corrected chi connectivity index (χ3v) is 4.00. The van der Waals surface area contributed by atoms with Crippen molar-refractivity contribution in [2.24, 2.45) is 0 Å². The molecule has 0 bridgehead atoms. The number of ether oxygens (including phenoxy) is 2. The Morgan fingerprint density at radius 1 is 1.36 bits per heavy atom. The average molecular weight is 347 g/mol. The lowest BCUT2D eigenvalue weighted by molar-refractivity contribution is -0.121. The molecule has 2 aromatic rings. The molecule has 1 N–H and O–H groups in total. The van der Waals surface area contributed by atoms with Crippen LogP contribution in [0.1, 0.15) is 24.7 Å². The monoisotopic (exact) mass is 347 g/mol. The fraction of sp³-hybridized carbons (Fsp3) is 0.444. The van der Waals surface area contributed by atoms with Crippen LogP contribution in [0.2, 0.25) is 0 Å². The third kappa shape index (κ3) is 4.51. The van der Waals surface area contributed by atoms with Gasteiger partial charge >= 0.3 is 0 Å². The Balaban J connectivity index is 2.12. The molecule has 1 unspecified atom stereocenters. The number of rotatable bonds is 8. The number of aryl methyl sites for hydroxylation is 1. The normalized spacial score (nSPS) is 12.1. The van der Waals surface area contributed by atoms with Gasteiger partial charge in [0.05, 0.1) is 20.3 Å². The van der Waals surface area contributed by atoms with E-state index in [1.807, 2.05) is 37.1 Å². The molecule has 1 heterocycles. The molecule has 0 fully saturated rings. The molecule has 0 aliphatic carbocycles. The Morgan fingerprint density at radius 3 is 2.68 bits per heavy atom. The van der Waals surface area contributed by atoms with E-state index in [2.05, 4.69) is 10.5 Å². The lowest BCUT2D eigenvalue weighted by Gasteiger charge is -2.26. The van der Waals surface area contributed by atoms with Crippen LogP contribution in [0.25, 0.3) is 0 Å². The van der Waals surface area contributed by atoms with Crippen molar-refractivity contribution in [3.8, 4) is 11.5 Å². The van der Waals surface area contributed by atoms with E-state index in [4.69, 9.17) is 14.0 Å². The first-order chi connectivity index (χ1) is 12.0. The topological polar surface area (TPSA) is 76.8 Å². The van der Waals surface area contributed by atoms with E-state index in [1.54, 1.807) is 27.2 Å². The van der Waals surface area contributed by atoms with Crippen LogP contribution in [-0.4, -0.2) is 43.3 Å². The second-order valence-electron chi connectivity index (χ2n) is 5.80. The number of hydrogen-bond acceptors (Lipinski definition) is 6. The highest BCUT2D eigenvalue weighted by Gasteiger charge is 2.24. The number of hydrogen-bond donors (Lipinski definition) is 1. The van der Waals surface area contributed by atoms with Crippen LogP contribution in [0.3, 0.4) is 0 Å². The van der Waals surface area contributed by atoms with Crippen LogP contribution in [0.4, 0.5) is 5.82 Å². The summed E-state index contributed by atoms with van der Waals surface area (Å²) in [4.78, 5) is 14.5. The molecule has 1 aromatic heterocycles. The molecule has 0 aliphatic heterocycles. The van der Waals surface area contributed by atoms with Crippen LogP contribution in [-0.2, 0) is 11.3 Å². The summed E-state index contributed by atoms with van der Waals surface area (Å²) in [6, 6.07) is 7.09. The number of para-hydroxylation sites is 1. The minimum Gasteiger partial charge on any atom is -0.493 e. The maximum absolute atomic E-state index is 12.6. The van der Waals surface area contributed by atoms with Crippen molar-refractivity contribution in [2.75, 3.05) is 26.6 Å². The number of likely N-dealkylation sites (N-methyl/N-ethyl adjacent to an activating group) is 1. The number of benzene rings is 1. The Hall–Kier alpha value is -2.54. The second-order valence-corrected chi connectivity index (χ2v) is 5.80. The van der Waals surface area contributed by atoms with Gasteiger partial charge in [-0.2, -0.15) is 0 Å². The molecule has 1 amide bonds. The number of methoxy groups -OCH3 is 2. The summed E-state index contributed by atoms with van der Waals surface area (Å²) in [6.07, 6.45) is 0.658.